The van der Waals surface area contributed by atoms with Crippen molar-refractivity contribution in [2.45, 2.75) is 58.2 Å². The third-order valence-electron chi connectivity index (χ3n) is 6.15. The molecule has 0 saturated carbocycles. The summed E-state index contributed by atoms with van der Waals surface area (Å²) in [5.74, 6) is 0. The first-order valence-electron chi connectivity index (χ1n) is 11.2. The van der Waals surface area contributed by atoms with E-state index in [2.05, 4.69) is 44.5 Å². The minimum atomic E-state index is 0.113. The quantitative estimate of drug-likeness (QED) is 0.468. The SMILES string of the molecule is Cc1cnc(CN[C@H]2CCc3c(sc4ncn(CCCc5ccccc5)c(=O)c34)C2)cn1. The molecule has 1 aliphatic rings. The van der Waals surface area contributed by atoms with Crippen molar-refractivity contribution >= 4 is 21.6 Å². The van der Waals surface area contributed by atoms with Crippen molar-refractivity contribution in [1.29, 1.82) is 0 Å². The third kappa shape index (κ3) is 4.49. The maximum atomic E-state index is 13.2. The van der Waals surface area contributed by atoms with Gasteiger partial charge in [0, 0.05) is 36.4 Å². The van der Waals surface area contributed by atoms with Crippen LogP contribution in [0.4, 0.5) is 0 Å². The average molecular weight is 446 g/mol. The van der Waals surface area contributed by atoms with Gasteiger partial charge < -0.3 is 5.32 Å². The first-order chi connectivity index (χ1) is 15.7. The molecule has 4 aromatic rings. The van der Waals surface area contributed by atoms with Crippen LogP contribution < -0.4 is 10.9 Å². The second kappa shape index (κ2) is 9.30. The number of hydrogen-bond acceptors (Lipinski definition) is 6. The molecule has 0 spiro atoms. The average Bonchev–Trinajstić information content (AvgIpc) is 3.19. The van der Waals surface area contributed by atoms with Gasteiger partial charge in [0.15, 0.2) is 0 Å². The minimum Gasteiger partial charge on any atom is -0.308 e. The van der Waals surface area contributed by atoms with Crippen molar-refractivity contribution in [3.63, 3.8) is 0 Å². The van der Waals surface area contributed by atoms with Crippen molar-refractivity contribution in [3.05, 3.63) is 86.8 Å². The van der Waals surface area contributed by atoms with Gasteiger partial charge in [-0.2, -0.15) is 0 Å². The second-order valence-electron chi connectivity index (χ2n) is 8.49. The van der Waals surface area contributed by atoms with E-state index >= 15 is 0 Å². The molecule has 1 atom stereocenters. The Morgan fingerprint density at radius 1 is 1.16 bits per heavy atom. The number of nitrogens with one attached hydrogen (secondary N) is 1. The van der Waals surface area contributed by atoms with Crippen LogP contribution in [0.1, 0.15) is 40.2 Å². The fourth-order valence-corrected chi connectivity index (χ4v) is 5.65. The molecule has 5 rings (SSSR count). The van der Waals surface area contributed by atoms with Gasteiger partial charge in [-0.3, -0.25) is 19.3 Å². The largest absolute Gasteiger partial charge is 0.308 e. The molecule has 164 valence electrons. The van der Waals surface area contributed by atoms with Gasteiger partial charge in [0.1, 0.15) is 4.83 Å². The van der Waals surface area contributed by atoms with E-state index in [1.54, 1.807) is 28.4 Å². The van der Waals surface area contributed by atoms with Crippen molar-refractivity contribution in [1.82, 2.24) is 24.8 Å². The fourth-order valence-electron chi connectivity index (χ4n) is 4.39. The highest BCUT2D eigenvalue weighted by Crippen LogP contribution is 2.33. The van der Waals surface area contributed by atoms with Crippen molar-refractivity contribution in [2.75, 3.05) is 0 Å². The van der Waals surface area contributed by atoms with Gasteiger partial charge in [-0.1, -0.05) is 30.3 Å². The van der Waals surface area contributed by atoms with E-state index in [1.807, 2.05) is 19.2 Å². The molecule has 1 aromatic carbocycles. The summed E-state index contributed by atoms with van der Waals surface area (Å²) in [5, 5.41) is 4.46. The number of benzene rings is 1. The molecule has 32 heavy (non-hydrogen) atoms. The molecule has 0 fully saturated rings. The number of aromatic nitrogens is 4. The Kier molecular flexibility index (Phi) is 6.10. The van der Waals surface area contributed by atoms with E-state index in [0.29, 0.717) is 19.1 Å². The summed E-state index contributed by atoms with van der Waals surface area (Å²) in [6, 6.07) is 10.8. The summed E-state index contributed by atoms with van der Waals surface area (Å²) < 4.78 is 1.79. The Hall–Kier alpha value is -2.90. The summed E-state index contributed by atoms with van der Waals surface area (Å²) in [6.07, 6.45) is 10.1. The molecule has 3 aromatic heterocycles. The predicted octanol–water partition coefficient (Wildman–Crippen LogP) is 3.84. The summed E-state index contributed by atoms with van der Waals surface area (Å²) in [6.45, 7) is 3.35. The van der Waals surface area contributed by atoms with Gasteiger partial charge in [0.25, 0.3) is 5.56 Å². The fraction of sp³-hybridized carbons (Fsp3) is 0.360. The van der Waals surface area contributed by atoms with Gasteiger partial charge in [-0.25, -0.2) is 4.98 Å². The van der Waals surface area contributed by atoms with Crippen molar-refractivity contribution in [2.24, 2.45) is 0 Å². The Labute approximate surface area is 191 Å². The topological polar surface area (TPSA) is 72.7 Å². The van der Waals surface area contributed by atoms with E-state index < -0.39 is 0 Å². The lowest BCUT2D eigenvalue weighted by molar-refractivity contribution is 0.459. The van der Waals surface area contributed by atoms with Crippen LogP contribution in [0.25, 0.3) is 10.2 Å². The molecule has 3 heterocycles. The Bertz CT molecular complexity index is 1260. The van der Waals surface area contributed by atoms with Crippen LogP contribution in [0.15, 0.2) is 53.8 Å². The zero-order valence-corrected chi connectivity index (χ0v) is 19.1. The Morgan fingerprint density at radius 2 is 2.03 bits per heavy atom. The molecule has 0 saturated heterocycles. The van der Waals surface area contributed by atoms with E-state index in [0.717, 1.165) is 53.7 Å². The van der Waals surface area contributed by atoms with Crippen LogP contribution in [0, 0.1) is 6.92 Å². The molecule has 1 N–H and O–H groups in total. The lowest BCUT2D eigenvalue weighted by Crippen LogP contribution is -2.34. The highest BCUT2D eigenvalue weighted by atomic mass is 32.1. The second-order valence-corrected chi connectivity index (χ2v) is 9.57. The summed E-state index contributed by atoms with van der Waals surface area (Å²) in [7, 11) is 0. The van der Waals surface area contributed by atoms with Crippen LogP contribution in [0.2, 0.25) is 0 Å². The van der Waals surface area contributed by atoms with Crippen LogP contribution in [-0.4, -0.2) is 25.6 Å². The lowest BCUT2D eigenvalue weighted by Gasteiger charge is -2.23. The van der Waals surface area contributed by atoms with Gasteiger partial charge >= 0.3 is 0 Å². The van der Waals surface area contributed by atoms with Gasteiger partial charge in [-0.15, -0.1) is 11.3 Å². The third-order valence-corrected chi connectivity index (χ3v) is 7.31. The molecular weight excluding hydrogens is 418 g/mol. The zero-order valence-electron chi connectivity index (χ0n) is 18.3. The molecule has 0 unspecified atom stereocenters. The summed E-state index contributed by atoms with van der Waals surface area (Å²) >= 11 is 1.68. The first kappa shape index (κ1) is 21.0. The van der Waals surface area contributed by atoms with E-state index in [1.165, 1.54) is 16.0 Å². The monoisotopic (exact) mass is 445 g/mol. The van der Waals surface area contributed by atoms with Crippen LogP contribution in [-0.2, 0) is 32.4 Å². The van der Waals surface area contributed by atoms with Crippen LogP contribution in [0.3, 0.4) is 0 Å². The summed E-state index contributed by atoms with van der Waals surface area (Å²) in [4.78, 5) is 28.8. The van der Waals surface area contributed by atoms with Crippen LogP contribution in [0.5, 0.6) is 0 Å². The van der Waals surface area contributed by atoms with Crippen LogP contribution >= 0.6 is 11.3 Å². The van der Waals surface area contributed by atoms with Gasteiger partial charge in [0.2, 0.25) is 0 Å². The highest BCUT2D eigenvalue weighted by molar-refractivity contribution is 7.18. The van der Waals surface area contributed by atoms with E-state index in [9.17, 15) is 4.79 Å². The Balaban J connectivity index is 1.27. The molecule has 6 nitrogen and oxygen atoms in total. The number of hydrogen-bond donors (Lipinski definition) is 1. The van der Waals surface area contributed by atoms with E-state index in [-0.39, 0.29) is 5.56 Å². The molecule has 7 heteroatoms. The van der Waals surface area contributed by atoms with Gasteiger partial charge in [0.05, 0.1) is 23.1 Å². The smallest absolute Gasteiger partial charge is 0.262 e. The minimum absolute atomic E-state index is 0.113. The lowest BCUT2D eigenvalue weighted by atomic mass is 9.93. The highest BCUT2D eigenvalue weighted by Gasteiger charge is 2.25. The predicted molar refractivity (Wildman–Crippen MR) is 128 cm³/mol. The molecule has 0 aliphatic heterocycles. The Morgan fingerprint density at radius 3 is 2.84 bits per heavy atom. The van der Waals surface area contributed by atoms with Crippen molar-refractivity contribution in [3.8, 4) is 0 Å². The van der Waals surface area contributed by atoms with Crippen molar-refractivity contribution < 1.29 is 0 Å². The first-order valence-corrected chi connectivity index (χ1v) is 12.0. The molecule has 1 aliphatic carbocycles. The molecule has 0 bridgehead atoms. The number of thiophene rings is 1. The molecule has 0 amide bonds. The number of fused-ring (bicyclic) bond motifs is 3. The number of rotatable bonds is 7. The standard InChI is InChI=1S/C25H27N5OS/c1-17-13-27-20(14-26-17)15-28-19-9-10-21-22(12-19)32-24-23(21)25(31)30(16-29-24)11-5-8-18-6-3-2-4-7-18/h2-4,6-7,13-14,16,19,28H,5,8-12,15H2,1H3/t19-/m0/s1. The molecular formula is C25H27N5OS. The maximum Gasteiger partial charge on any atom is 0.262 e. The van der Waals surface area contributed by atoms with E-state index in [4.69, 9.17) is 0 Å². The molecule has 0 radical (unpaired) electrons. The normalized spacial score (nSPS) is 15.7. The number of nitrogens with zero attached hydrogens (tertiary/aromatic N) is 4. The summed E-state index contributed by atoms with van der Waals surface area (Å²) in [5.41, 5.74) is 4.52. The van der Waals surface area contributed by atoms with Gasteiger partial charge in [-0.05, 0) is 50.2 Å². The maximum absolute atomic E-state index is 13.2. The zero-order chi connectivity index (χ0) is 21.9. The number of aryl methyl sites for hydroxylation is 4.